The number of hydrogen-bond donors (Lipinski definition) is 1. The van der Waals surface area contributed by atoms with Gasteiger partial charge in [0.25, 0.3) is 0 Å². The molecule has 0 aromatic heterocycles. The molecule has 0 spiro atoms. The number of esters is 1. The number of hydrogen-bond acceptors (Lipinski definition) is 3. The van der Waals surface area contributed by atoms with Crippen LogP contribution in [0.1, 0.15) is 27.0 Å². The van der Waals surface area contributed by atoms with E-state index in [2.05, 4.69) is 0 Å². The van der Waals surface area contributed by atoms with Crippen molar-refractivity contribution in [3.63, 3.8) is 0 Å². The summed E-state index contributed by atoms with van der Waals surface area (Å²) in [6, 6.07) is 13.1. The van der Waals surface area contributed by atoms with Gasteiger partial charge in [0.15, 0.2) is 0 Å². The highest BCUT2D eigenvalue weighted by Gasteiger charge is 2.11. The first kappa shape index (κ1) is 13.1. The molecule has 0 aliphatic heterocycles. The first-order valence-electron chi connectivity index (χ1n) is 6.15. The van der Waals surface area contributed by atoms with E-state index in [1.807, 2.05) is 44.2 Å². The molecule has 3 nitrogen and oxygen atoms in total. The van der Waals surface area contributed by atoms with Gasteiger partial charge < -0.3 is 10.5 Å². The van der Waals surface area contributed by atoms with Gasteiger partial charge in [-0.25, -0.2) is 4.79 Å². The lowest BCUT2D eigenvalue weighted by Crippen LogP contribution is -2.07. The Morgan fingerprint density at radius 2 is 1.95 bits per heavy atom. The van der Waals surface area contributed by atoms with Gasteiger partial charge >= 0.3 is 5.97 Å². The van der Waals surface area contributed by atoms with Crippen LogP contribution >= 0.6 is 0 Å². The number of carbonyl (C=O) groups is 1. The second-order valence-electron chi connectivity index (χ2n) is 4.64. The SMILES string of the molecule is Cc1cccc(COC(=O)c2cc(N)ccc2C)c1. The number of ether oxygens (including phenoxy) is 1. The fourth-order valence-corrected chi connectivity index (χ4v) is 1.89. The van der Waals surface area contributed by atoms with Gasteiger partial charge in [-0.05, 0) is 37.1 Å². The van der Waals surface area contributed by atoms with E-state index in [4.69, 9.17) is 10.5 Å². The zero-order valence-corrected chi connectivity index (χ0v) is 11.1. The smallest absolute Gasteiger partial charge is 0.338 e. The van der Waals surface area contributed by atoms with Crippen LogP contribution in [0.25, 0.3) is 0 Å². The number of aryl methyl sites for hydroxylation is 2. The first-order valence-corrected chi connectivity index (χ1v) is 6.15. The van der Waals surface area contributed by atoms with Crippen LogP contribution in [0, 0.1) is 13.8 Å². The molecule has 0 saturated carbocycles. The van der Waals surface area contributed by atoms with Crippen molar-refractivity contribution in [1.82, 2.24) is 0 Å². The largest absolute Gasteiger partial charge is 0.457 e. The lowest BCUT2D eigenvalue weighted by Gasteiger charge is -2.08. The van der Waals surface area contributed by atoms with E-state index >= 15 is 0 Å². The lowest BCUT2D eigenvalue weighted by molar-refractivity contribution is 0.0472. The van der Waals surface area contributed by atoms with Crippen molar-refractivity contribution < 1.29 is 9.53 Å². The summed E-state index contributed by atoms with van der Waals surface area (Å²) in [4.78, 5) is 12.0. The van der Waals surface area contributed by atoms with E-state index in [0.717, 1.165) is 16.7 Å². The maximum Gasteiger partial charge on any atom is 0.338 e. The lowest BCUT2D eigenvalue weighted by atomic mass is 10.1. The Balaban J connectivity index is 2.07. The molecule has 98 valence electrons. The van der Waals surface area contributed by atoms with E-state index in [1.165, 1.54) is 0 Å². The van der Waals surface area contributed by atoms with Crippen LogP contribution in [0.5, 0.6) is 0 Å². The molecule has 0 unspecified atom stereocenters. The molecule has 2 aromatic carbocycles. The van der Waals surface area contributed by atoms with Crippen LogP contribution in [0.4, 0.5) is 5.69 Å². The summed E-state index contributed by atoms with van der Waals surface area (Å²) in [6.45, 7) is 4.14. The molecule has 0 saturated heterocycles. The van der Waals surface area contributed by atoms with Gasteiger partial charge in [-0.1, -0.05) is 35.9 Å². The molecular weight excluding hydrogens is 238 g/mol. The number of nitrogens with two attached hydrogens (primary N) is 1. The Bertz CT molecular complexity index is 605. The number of rotatable bonds is 3. The molecule has 0 aliphatic rings. The maximum atomic E-state index is 12.0. The van der Waals surface area contributed by atoms with Crippen LogP contribution in [0.2, 0.25) is 0 Å². The topological polar surface area (TPSA) is 52.3 Å². The van der Waals surface area contributed by atoms with Crippen LogP contribution in [0.3, 0.4) is 0 Å². The quantitative estimate of drug-likeness (QED) is 0.676. The minimum absolute atomic E-state index is 0.273. The number of nitrogen functional groups attached to an aromatic ring is 1. The highest BCUT2D eigenvalue weighted by Crippen LogP contribution is 2.15. The van der Waals surface area contributed by atoms with Crippen molar-refractivity contribution in [2.45, 2.75) is 20.5 Å². The molecule has 0 atom stereocenters. The Morgan fingerprint density at radius 1 is 1.16 bits per heavy atom. The molecule has 0 aliphatic carbocycles. The Hall–Kier alpha value is -2.29. The fourth-order valence-electron chi connectivity index (χ4n) is 1.89. The highest BCUT2D eigenvalue weighted by molar-refractivity contribution is 5.92. The van der Waals surface area contributed by atoms with E-state index in [0.29, 0.717) is 11.3 Å². The van der Waals surface area contributed by atoms with E-state index in [9.17, 15) is 4.79 Å². The maximum absolute atomic E-state index is 12.0. The van der Waals surface area contributed by atoms with Gasteiger partial charge in [0.1, 0.15) is 6.61 Å². The Labute approximate surface area is 113 Å². The molecule has 0 radical (unpaired) electrons. The Kier molecular flexibility index (Phi) is 3.85. The summed E-state index contributed by atoms with van der Waals surface area (Å²) < 4.78 is 5.31. The summed E-state index contributed by atoms with van der Waals surface area (Å²) in [5.74, 6) is -0.341. The monoisotopic (exact) mass is 255 g/mol. The minimum atomic E-state index is -0.341. The third-order valence-corrected chi connectivity index (χ3v) is 2.93. The van der Waals surface area contributed by atoms with Crippen molar-refractivity contribution >= 4 is 11.7 Å². The number of carbonyl (C=O) groups excluding carboxylic acids is 1. The molecule has 0 amide bonds. The summed E-state index contributed by atoms with van der Waals surface area (Å²) in [6.07, 6.45) is 0. The average Bonchev–Trinajstić information content (AvgIpc) is 2.39. The van der Waals surface area contributed by atoms with Crippen LogP contribution in [-0.4, -0.2) is 5.97 Å². The van der Waals surface area contributed by atoms with Crippen molar-refractivity contribution in [1.29, 1.82) is 0 Å². The average molecular weight is 255 g/mol. The molecule has 19 heavy (non-hydrogen) atoms. The third-order valence-electron chi connectivity index (χ3n) is 2.93. The van der Waals surface area contributed by atoms with E-state index in [-0.39, 0.29) is 12.6 Å². The van der Waals surface area contributed by atoms with Gasteiger partial charge in [-0.2, -0.15) is 0 Å². The van der Waals surface area contributed by atoms with Gasteiger partial charge in [-0.3, -0.25) is 0 Å². The van der Waals surface area contributed by atoms with Crippen LogP contribution in [0.15, 0.2) is 42.5 Å². The summed E-state index contributed by atoms with van der Waals surface area (Å²) in [5.41, 5.74) is 9.76. The van der Waals surface area contributed by atoms with Crippen molar-refractivity contribution in [3.8, 4) is 0 Å². The van der Waals surface area contributed by atoms with Gasteiger partial charge in [0.05, 0.1) is 5.56 Å². The predicted molar refractivity (Wildman–Crippen MR) is 75.9 cm³/mol. The van der Waals surface area contributed by atoms with Crippen LogP contribution < -0.4 is 5.73 Å². The third kappa shape index (κ3) is 3.35. The van der Waals surface area contributed by atoms with Crippen molar-refractivity contribution in [2.24, 2.45) is 0 Å². The van der Waals surface area contributed by atoms with Gasteiger partial charge in [0.2, 0.25) is 0 Å². The summed E-state index contributed by atoms with van der Waals surface area (Å²) in [5, 5.41) is 0. The fraction of sp³-hybridized carbons (Fsp3) is 0.188. The zero-order chi connectivity index (χ0) is 13.8. The molecule has 0 fully saturated rings. The number of benzene rings is 2. The molecule has 0 bridgehead atoms. The standard InChI is InChI=1S/C16H17NO2/c1-11-4-3-5-13(8-11)10-19-16(18)15-9-14(17)7-6-12(15)2/h3-9H,10,17H2,1-2H3. The number of anilines is 1. The molecule has 2 aromatic rings. The van der Waals surface area contributed by atoms with Gasteiger partial charge in [0, 0.05) is 5.69 Å². The molecule has 2 rings (SSSR count). The summed E-state index contributed by atoms with van der Waals surface area (Å²) >= 11 is 0. The molecule has 3 heteroatoms. The second kappa shape index (κ2) is 5.57. The normalized spacial score (nSPS) is 10.2. The van der Waals surface area contributed by atoms with Gasteiger partial charge in [-0.15, -0.1) is 0 Å². The van der Waals surface area contributed by atoms with E-state index < -0.39 is 0 Å². The summed E-state index contributed by atoms with van der Waals surface area (Å²) in [7, 11) is 0. The van der Waals surface area contributed by atoms with Crippen molar-refractivity contribution in [3.05, 3.63) is 64.7 Å². The van der Waals surface area contributed by atoms with Crippen LogP contribution in [-0.2, 0) is 11.3 Å². The molecule has 2 N–H and O–H groups in total. The highest BCUT2D eigenvalue weighted by atomic mass is 16.5. The molecule has 0 heterocycles. The first-order chi connectivity index (χ1) is 9.06. The molecular formula is C16H17NO2. The Morgan fingerprint density at radius 3 is 2.68 bits per heavy atom. The predicted octanol–water partition coefficient (Wildman–Crippen LogP) is 3.24. The van der Waals surface area contributed by atoms with E-state index in [1.54, 1.807) is 12.1 Å². The zero-order valence-electron chi connectivity index (χ0n) is 11.1. The second-order valence-corrected chi connectivity index (χ2v) is 4.64. The van der Waals surface area contributed by atoms with Crippen molar-refractivity contribution in [2.75, 3.05) is 5.73 Å². The minimum Gasteiger partial charge on any atom is -0.457 e.